The lowest BCUT2D eigenvalue weighted by Gasteiger charge is -2.18. The van der Waals surface area contributed by atoms with Crippen molar-refractivity contribution in [1.82, 2.24) is 10.6 Å². The molecule has 132 valence electrons. The van der Waals surface area contributed by atoms with Gasteiger partial charge in [0.2, 0.25) is 0 Å². The molecule has 0 saturated heterocycles. The van der Waals surface area contributed by atoms with E-state index < -0.39 is 0 Å². The van der Waals surface area contributed by atoms with Crippen LogP contribution in [0.25, 0.3) is 0 Å². The Hall–Kier alpha value is -2.27. The number of benzene rings is 1. The molecule has 3 rings (SSSR count). The van der Waals surface area contributed by atoms with Crippen molar-refractivity contribution < 1.29 is 0 Å². The van der Waals surface area contributed by atoms with Crippen LogP contribution < -0.4 is 15.5 Å². The minimum absolute atomic E-state index is 0.471. The first-order valence-corrected chi connectivity index (χ1v) is 9.66. The van der Waals surface area contributed by atoms with Crippen LogP contribution >= 0.6 is 11.3 Å². The van der Waals surface area contributed by atoms with Crippen molar-refractivity contribution in [3.8, 4) is 0 Å². The van der Waals surface area contributed by atoms with E-state index in [9.17, 15) is 0 Å². The number of nitrogens with zero attached hydrogens (tertiary/aromatic N) is 2. The van der Waals surface area contributed by atoms with Crippen LogP contribution in [0.5, 0.6) is 0 Å². The summed E-state index contributed by atoms with van der Waals surface area (Å²) in [6, 6.07) is 10.9. The number of hydrogen-bond donors (Lipinski definition) is 2. The minimum Gasteiger partial charge on any atom is -0.364 e. The molecule has 0 amide bonds. The Morgan fingerprint density at radius 2 is 1.92 bits per heavy atom. The van der Waals surface area contributed by atoms with Crippen molar-refractivity contribution in [3.63, 3.8) is 0 Å². The van der Waals surface area contributed by atoms with Gasteiger partial charge in [-0.15, -0.1) is 0 Å². The van der Waals surface area contributed by atoms with E-state index in [1.54, 1.807) is 11.3 Å². The van der Waals surface area contributed by atoms with Crippen LogP contribution in [-0.2, 0) is 6.54 Å². The number of aliphatic imine (C=N–C) groups is 1. The lowest BCUT2D eigenvalue weighted by molar-refractivity contribution is 0.701. The van der Waals surface area contributed by atoms with E-state index in [4.69, 9.17) is 0 Å². The van der Waals surface area contributed by atoms with Gasteiger partial charge in [0.1, 0.15) is 0 Å². The standard InChI is InChI=1S/C20H26N4S/c1-16(18-9-12-25-15-18)13-22-20(21-2)23-14-17-5-7-19(8-6-17)24-10-3-4-11-24/h3-9,12,15-16H,10-11,13-14H2,1-2H3,(H2,21,22,23). The Morgan fingerprint density at radius 3 is 2.56 bits per heavy atom. The molecule has 1 unspecified atom stereocenters. The van der Waals surface area contributed by atoms with Crippen molar-refractivity contribution in [3.05, 3.63) is 64.4 Å². The second kappa shape index (κ2) is 8.72. The molecule has 5 heteroatoms. The molecule has 4 nitrogen and oxygen atoms in total. The monoisotopic (exact) mass is 354 g/mol. The van der Waals surface area contributed by atoms with Gasteiger partial charge in [-0.3, -0.25) is 4.99 Å². The Labute approximate surface area is 154 Å². The van der Waals surface area contributed by atoms with Crippen LogP contribution in [0.1, 0.15) is 24.0 Å². The van der Waals surface area contributed by atoms with Gasteiger partial charge in [0.25, 0.3) is 0 Å². The number of rotatable bonds is 6. The average molecular weight is 355 g/mol. The summed E-state index contributed by atoms with van der Waals surface area (Å²) < 4.78 is 0. The van der Waals surface area contributed by atoms with Crippen LogP contribution in [0, 0.1) is 0 Å². The molecule has 0 fully saturated rings. The van der Waals surface area contributed by atoms with Gasteiger partial charge in [0.05, 0.1) is 0 Å². The second-order valence-corrected chi connectivity index (χ2v) is 7.09. The SMILES string of the molecule is CN=C(NCc1ccc(N2CC=CC2)cc1)NCC(C)c1ccsc1. The number of guanidine groups is 1. The molecule has 1 aliphatic rings. The average Bonchev–Trinajstić information content (AvgIpc) is 3.36. The van der Waals surface area contributed by atoms with E-state index in [0.717, 1.165) is 32.1 Å². The lowest BCUT2D eigenvalue weighted by atomic mass is 10.1. The zero-order valence-electron chi connectivity index (χ0n) is 14.9. The second-order valence-electron chi connectivity index (χ2n) is 6.31. The highest BCUT2D eigenvalue weighted by atomic mass is 32.1. The predicted molar refractivity (Wildman–Crippen MR) is 109 cm³/mol. The van der Waals surface area contributed by atoms with Crippen LogP contribution in [-0.4, -0.2) is 32.6 Å². The van der Waals surface area contributed by atoms with Crippen molar-refractivity contribution in [2.24, 2.45) is 4.99 Å². The summed E-state index contributed by atoms with van der Waals surface area (Å²) in [5, 5.41) is 11.1. The summed E-state index contributed by atoms with van der Waals surface area (Å²) in [5.74, 6) is 1.31. The first-order chi connectivity index (χ1) is 12.3. The summed E-state index contributed by atoms with van der Waals surface area (Å²) in [7, 11) is 1.81. The Balaban J connectivity index is 1.46. The van der Waals surface area contributed by atoms with Gasteiger partial charge in [0.15, 0.2) is 5.96 Å². The molecule has 0 radical (unpaired) electrons. The van der Waals surface area contributed by atoms with Crippen LogP contribution in [0.3, 0.4) is 0 Å². The summed E-state index contributed by atoms with van der Waals surface area (Å²) in [4.78, 5) is 6.67. The third-order valence-electron chi connectivity index (χ3n) is 4.49. The number of thiophene rings is 1. The quantitative estimate of drug-likeness (QED) is 0.473. The number of anilines is 1. The van der Waals surface area contributed by atoms with Crippen molar-refractivity contribution in [2.45, 2.75) is 19.4 Å². The summed E-state index contributed by atoms with van der Waals surface area (Å²) in [6.45, 7) is 5.89. The van der Waals surface area contributed by atoms with Crippen molar-refractivity contribution in [1.29, 1.82) is 0 Å². The van der Waals surface area contributed by atoms with Gasteiger partial charge in [-0.2, -0.15) is 11.3 Å². The van der Waals surface area contributed by atoms with Crippen LogP contribution in [0.2, 0.25) is 0 Å². The van der Waals surface area contributed by atoms with E-state index in [2.05, 4.69) is 80.7 Å². The highest BCUT2D eigenvalue weighted by Crippen LogP contribution is 2.18. The van der Waals surface area contributed by atoms with Crippen LogP contribution in [0.15, 0.2) is 58.2 Å². The maximum atomic E-state index is 4.32. The smallest absolute Gasteiger partial charge is 0.191 e. The van der Waals surface area contributed by atoms with E-state index in [1.165, 1.54) is 16.8 Å². The maximum absolute atomic E-state index is 4.32. The molecule has 1 aromatic heterocycles. The third-order valence-corrected chi connectivity index (χ3v) is 5.19. The third kappa shape index (κ3) is 4.86. The Morgan fingerprint density at radius 1 is 1.16 bits per heavy atom. The Kier molecular flexibility index (Phi) is 6.12. The van der Waals surface area contributed by atoms with E-state index in [0.29, 0.717) is 5.92 Å². The molecule has 2 aromatic rings. The topological polar surface area (TPSA) is 39.7 Å². The fourth-order valence-electron chi connectivity index (χ4n) is 2.84. The number of hydrogen-bond acceptors (Lipinski definition) is 3. The summed E-state index contributed by atoms with van der Waals surface area (Å²) in [6.07, 6.45) is 4.42. The summed E-state index contributed by atoms with van der Waals surface area (Å²) in [5.41, 5.74) is 3.91. The molecule has 2 N–H and O–H groups in total. The summed E-state index contributed by atoms with van der Waals surface area (Å²) >= 11 is 1.74. The zero-order chi connectivity index (χ0) is 17.5. The van der Waals surface area contributed by atoms with Gasteiger partial charge in [-0.25, -0.2) is 0 Å². The van der Waals surface area contributed by atoms with Gasteiger partial charge < -0.3 is 15.5 Å². The molecule has 1 aliphatic heterocycles. The van der Waals surface area contributed by atoms with E-state index in [1.807, 2.05) is 7.05 Å². The normalized spacial score (nSPS) is 15.4. The lowest BCUT2D eigenvalue weighted by Crippen LogP contribution is -2.38. The molecular formula is C20H26N4S. The van der Waals surface area contributed by atoms with Gasteiger partial charge in [-0.05, 0) is 46.0 Å². The molecule has 0 spiro atoms. The minimum atomic E-state index is 0.471. The highest BCUT2D eigenvalue weighted by molar-refractivity contribution is 7.07. The highest BCUT2D eigenvalue weighted by Gasteiger charge is 2.08. The van der Waals surface area contributed by atoms with Gasteiger partial charge >= 0.3 is 0 Å². The molecule has 2 heterocycles. The predicted octanol–water partition coefficient (Wildman–Crippen LogP) is 3.59. The molecule has 0 saturated carbocycles. The molecule has 1 atom stereocenters. The number of nitrogens with one attached hydrogen (secondary N) is 2. The Bertz CT molecular complexity index is 696. The first-order valence-electron chi connectivity index (χ1n) is 8.72. The fourth-order valence-corrected chi connectivity index (χ4v) is 3.63. The molecular weight excluding hydrogens is 328 g/mol. The molecule has 0 bridgehead atoms. The van der Waals surface area contributed by atoms with E-state index in [-0.39, 0.29) is 0 Å². The van der Waals surface area contributed by atoms with Crippen molar-refractivity contribution >= 4 is 23.0 Å². The first kappa shape index (κ1) is 17.5. The van der Waals surface area contributed by atoms with Crippen LogP contribution in [0.4, 0.5) is 5.69 Å². The largest absolute Gasteiger partial charge is 0.364 e. The molecule has 0 aliphatic carbocycles. The fraction of sp³-hybridized carbons (Fsp3) is 0.350. The van der Waals surface area contributed by atoms with Gasteiger partial charge in [-0.1, -0.05) is 31.2 Å². The molecule has 25 heavy (non-hydrogen) atoms. The zero-order valence-corrected chi connectivity index (χ0v) is 15.7. The van der Waals surface area contributed by atoms with E-state index >= 15 is 0 Å². The maximum Gasteiger partial charge on any atom is 0.191 e. The molecule has 1 aromatic carbocycles. The van der Waals surface area contributed by atoms with Gasteiger partial charge in [0, 0.05) is 38.9 Å². The van der Waals surface area contributed by atoms with Crippen molar-refractivity contribution in [2.75, 3.05) is 31.6 Å².